The van der Waals surface area contributed by atoms with Crippen molar-refractivity contribution in [3.63, 3.8) is 0 Å². The number of carbonyl (C=O) groups excluding carboxylic acids is 2. The zero-order valence-corrected chi connectivity index (χ0v) is 15.5. The number of alkyl halides is 3. The first-order valence-electron chi connectivity index (χ1n) is 7.94. The van der Waals surface area contributed by atoms with Crippen molar-refractivity contribution >= 4 is 28.7 Å². The van der Waals surface area contributed by atoms with Gasteiger partial charge in [-0.05, 0) is 11.4 Å². The minimum absolute atomic E-state index is 0.00115. The Morgan fingerprint density at radius 2 is 1.82 bits per heavy atom. The highest BCUT2D eigenvalue weighted by molar-refractivity contribution is 7.12. The van der Waals surface area contributed by atoms with E-state index < -0.39 is 23.9 Å². The Bertz CT molecular complexity index is 930. The van der Waals surface area contributed by atoms with Crippen LogP contribution < -0.4 is 20.1 Å². The fraction of sp³-hybridized carbons (Fsp3) is 0.222. The van der Waals surface area contributed by atoms with E-state index in [1.165, 1.54) is 26.5 Å². The third kappa shape index (κ3) is 3.81. The van der Waals surface area contributed by atoms with Crippen LogP contribution in [0, 0.1) is 0 Å². The van der Waals surface area contributed by atoms with Crippen LogP contribution in [0.1, 0.15) is 21.3 Å². The van der Waals surface area contributed by atoms with Crippen LogP contribution in [0.4, 0.5) is 18.9 Å². The van der Waals surface area contributed by atoms with Gasteiger partial charge in [-0.2, -0.15) is 13.2 Å². The molecule has 6 nitrogen and oxygen atoms in total. The first-order valence-corrected chi connectivity index (χ1v) is 8.82. The number of ether oxygens (including phenoxy) is 2. The van der Waals surface area contributed by atoms with Crippen LogP contribution >= 0.6 is 11.3 Å². The summed E-state index contributed by atoms with van der Waals surface area (Å²) < 4.78 is 48.4. The normalized spacial score (nSPS) is 17.4. The number of hydrogen-bond donors (Lipinski definition) is 2. The zero-order valence-electron chi connectivity index (χ0n) is 14.7. The Hall–Kier alpha value is -3.01. The lowest BCUT2D eigenvalue weighted by molar-refractivity contribution is -0.174. The van der Waals surface area contributed by atoms with Gasteiger partial charge in [-0.25, -0.2) is 0 Å². The van der Waals surface area contributed by atoms with Crippen LogP contribution in [0.5, 0.6) is 11.5 Å². The molecule has 1 atom stereocenters. The molecule has 1 aliphatic rings. The largest absolute Gasteiger partial charge is 0.497 e. The molecule has 0 spiro atoms. The van der Waals surface area contributed by atoms with E-state index >= 15 is 0 Å². The third-order valence-electron chi connectivity index (χ3n) is 4.06. The van der Waals surface area contributed by atoms with E-state index in [4.69, 9.17) is 9.47 Å². The summed E-state index contributed by atoms with van der Waals surface area (Å²) in [7, 11) is 2.94. The summed E-state index contributed by atoms with van der Waals surface area (Å²) in [5.41, 5.74) is 0.831. The maximum absolute atomic E-state index is 12.7. The lowest BCUT2D eigenvalue weighted by Crippen LogP contribution is -2.39. The van der Waals surface area contributed by atoms with Crippen LogP contribution in [-0.4, -0.2) is 32.1 Å². The van der Waals surface area contributed by atoms with Crippen molar-refractivity contribution in [2.45, 2.75) is 12.2 Å². The van der Waals surface area contributed by atoms with Crippen molar-refractivity contribution in [1.29, 1.82) is 0 Å². The summed E-state index contributed by atoms with van der Waals surface area (Å²) in [4.78, 5) is 24.3. The molecule has 10 heteroatoms. The molecule has 148 valence electrons. The molecule has 3 rings (SSSR count). The Kier molecular flexibility index (Phi) is 5.32. The molecule has 0 saturated carbocycles. The molecule has 1 aliphatic carbocycles. The number of benzene rings is 1. The number of nitrogens with one attached hydrogen (secondary N) is 2. The van der Waals surface area contributed by atoms with E-state index in [0.29, 0.717) is 27.6 Å². The average molecular weight is 412 g/mol. The minimum atomic E-state index is -5.06. The van der Waals surface area contributed by atoms with E-state index in [1.54, 1.807) is 23.6 Å². The summed E-state index contributed by atoms with van der Waals surface area (Å²) in [6.07, 6.45) is -3.77. The summed E-state index contributed by atoms with van der Waals surface area (Å²) in [5.74, 6) is -1.59. The van der Waals surface area contributed by atoms with E-state index in [9.17, 15) is 22.8 Å². The fourth-order valence-electron chi connectivity index (χ4n) is 2.73. The number of methoxy groups -OCH3 is 2. The predicted molar refractivity (Wildman–Crippen MR) is 96.8 cm³/mol. The highest BCUT2D eigenvalue weighted by Gasteiger charge is 2.44. The second-order valence-electron chi connectivity index (χ2n) is 5.78. The molecular weight excluding hydrogens is 397 g/mol. The SMILES string of the molecule is COc1cc(N/C=C2/C(=O)c3sccc3[C@@H]2NC(=O)C(F)(F)F)cc(OC)c1. The number of amides is 1. The molecule has 1 aromatic carbocycles. The van der Waals surface area contributed by atoms with E-state index in [0.717, 1.165) is 11.3 Å². The van der Waals surface area contributed by atoms with Gasteiger partial charge in [-0.1, -0.05) is 0 Å². The highest BCUT2D eigenvalue weighted by Crippen LogP contribution is 2.39. The lowest BCUT2D eigenvalue weighted by atomic mass is 10.1. The molecule has 0 unspecified atom stereocenters. The van der Waals surface area contributed by atoms with Crippen LogP contribution in [-0.2, 0) is 4.79 Å². The van der Waals surface area contributed by atoms with Gasteiger partial charge in [0.1, 0.15) is 11.5 Å². The Labute approximate surface area is 161 Å². The fourth-order valence-corrected chi connectivity index (χ4v) is 3.63. The highest BCUT2D eigenvalue weighted by atomic mass is 32.1. The van der Waals surface area contributed by atoms with Crippen molar-refractivity contribution in [3.8, 4) is 11.5 Å². The van der Waals surface area contributed by atoms with Crippen molar-refractivity contribution in [2.75, 3.05) is 19.5 Å². The smallest absolute Gasteiger partial charge is 0.471 e. The maximum atomic E-state index is 12.7. The van der Waals surface area contributed by atoms with Gasteiger partial charge in [-0.3, -0.25) is 9.59 Å². The molecule has 2 N–H and O–H groups in total. The molecule has 1 amide bonds. The van der Waals surface area contributed by atoms with Gasteiger partial charge in [-0.15, -0.1) is 11.3 Å². The first kappa shape index (κ1) is 19.7. The number of rotatable bonds is 5. The first-order chi connectivity index (χ1) is 13.2. The number of anilines is 1. The standard InChI is InChI=1S/C18H15F3N2O4S/c1-26-10-5-9(6-11(7-10)27-2)22-8-13-14(23-17(25)18(19,20)21)12-3-4-28-16(12)15(13)24/h3-8,14,22H,1-2H3,(H,23,25)/b13-8+/t14-/m0/s1. The number of halogens is 3. The molecule has 0 saturated heterocycles. The van der Waals surface area contributed by atoms with Crippen molar-refractivity contribution in [2.24, 2.45) is 0 Å². The van der Waals surface area contributed by atoms with E-state index in [-0.39, 0.29) is 5.57 Å². The topological polar surface area (TPSA) is 76.7 Å². The summed E-state index contributed by atoms with van der Waals surface area (Å²) >= 11 is 1.11. The molecule has 28 heavy (non-hydrogen) atoms. The maximum Gasteiger partial charge on any atom is 0.471 e. The summed E-state index contributed by atoms with van der Waals surface area (Å²) in [5, 5.41) is 6.34. The van der Waals surface area contributed by atoms with Crippen LogP contribution in [0.3, 0.4) is 0 Å². The van der Waals surface area contributed by atoms with Crippen LogP contribution in [0.25, 0.3) is 0 Å². The summed E-state index contributed by atoms with van der Waals surface area (Å²) in [6, 6.07) is 5.22. The minimum Gasteiger partial charge on any atom is -0.497 e. The molecule has 0 bridgehead atoms. The van der Waals surface area contributed by atoms with E-state index in [2.05, 4.69) is 5.32 Å². The van der Waals surface area contributed by atoms with Crippen LogP contribution in [0.15, 0.2) is 41.4 Å². The number of hydrogen-bond acceptors (Lipinski definition) is 6. The van der Waals surface area contributed by atoms with Gasteiger partial charge >= 0.3 is 12.1 Å². The van der Waals surface area contributed by atoms with Gasteiger partial charge in [0, 0.05) is 41.2 Å². The average Bonchev–Trinajstić information content (AvgIpc) is 3.22. The zero-order chi connectivity index (χ0) is 20.5. The quantitative estimate of drug-likeness (QED) is 0.733. The Morgan fingerprint density at radius 3 is 2.39 bits per heavy atom. The van der Waals surface area contributed by atoms with Crippen LogP contribution in [0.2, 0.25) is 0 Å². The molecule has 2 aromatic rings. The molecule has 1 aromatic heterocycles. The predicted octanol–water partition coefficient (Wildman–Crippen LogP) is 3.68. The Balaban J connectivity index is 1.91. The van der Waals surface area contributed by atoms with E-state index in [1.807, 2.05) is 5.32 Å². The van der Waals surface area contributed by atoms with Gasteiger partial charge in [0.2, 0.25) is 5.78 Å². The van der Waals surface area contributed by atoms with Gasteiger partial charge < -0.3 is 20.1 Å². The number of ketones is 1. The number of Topliss-reactive ketones (excluding diaryl/α,β-unsaturated/α-hetero) is 1. The molecule has 0 aliphatic heterocycles. The molecule has 1 heterocycles. The van der Waals surface area contributed by atoms with Crippen molar-refractivity contribution in [1.82, 2.24) is 5.32 Å². The van der Waals surface area contributed by atoms with Gasteiger partial charge in [0.15, 0.2) is 0 Å². The number of thiophene rings is 1. The second-order valence-corrected chi connectivity index (χ2v) is 6.70. The van der Waals surface area contributed by atoms with Gasteiger partial charge in [0.25, 0.3) is 0 Å². The monoisotopic (exact) mass is 412 g/mol. The van der Waals surface area contributed by atoms with Crippen molar-refractivity contribution < 1.29 is 32.2 Å². The third-order valence-corrected chi connectivity index (χ3v) is 4.99. The molecular formula is C18H15F3N2O4S. The Morgan fingerprint density at radius 1 is 1.18 bits per heavy atom. The van der Waals surface area contributed by atoms with Crippen molar-refractivity contribution in [3.05, 3.63) is 51.9 Å². The molecule has 0 fully saturated rings. The number of fused-ring (bicyclic) bond motifs is 1. The second kappa shape index (κ2) is 7.55. The lowest BCUT2D eigenvalue weighted by Gasteiger charge is -2.16. The summed E-state index contributed by atoms with van der Waals surface area (Å²) in [6.45, 7) is 0. The number of carbonyl (C=O) groups is 2. The van der Waals surface area contributed by atoms with Gasteiger partial charge in [0.05, 0.1) is 25.1 Å². The molecule has 0 radical (unpaired) electrons.